The molecule has 0 aliphatic heterocycles. The second-order valence-corrected chi connectivity index (χ2v) is 8.42. The minimum Gasteiger partial charge on any atom is -0.377 e. The molecule has 0 aliphatic rings. The van der Waals surface area contributed by atoms with Crippen molar-refractivity contribution >= 4 is 8.80 Å². The maximum Gasteiger partial charge on any atom is 0.506 e. The van der Waals surface area contributed by atoms with Crippen LogP contribution in [0, 0.1) is 0 Å². The van der Waals surface area contributed by atoms with Crippen molar-refractivity contribution < 1.29 is 27.5 Å². The van der Waals surface area contributed by atoms with Crippen LogP contribution in [0.1, 0.15) is 39.0 Å². The number of unbranched alkanes of at least 4 members (excludes halogenated alkanes) is 2. The Labute approximate surface area is 154 Å². The minimum atomic E-state index is -3.04. The highest BCUT2D eigenvalue weighted by molar-refractivity contribution is 6.60. The summed E-state index contributed by atoms with van der Waals surface area (Å²) in [5.74, 6) is 0. The van der Waals surface area contributed by atoms with E-state index in [1.165, 1.54) is 34.2 Å². The summed E-state index contributed by atoms with van der Waals surface area (Å²) in [6.45, 7) is 5.19. The molecule has 0 bridgehead atoms. The number of rotatable bonds is 18. The number of ether oxygens (including phenoxy) is 3. The molecule has 0 aliphatic carbocycles. The SMILES string of the molecule is CCCCNCCC[Si](OC)(OCCCCN)OC(OC)(OC)OC. The topological polar surface area (TPSA) is 93.4 Å². The minimum absolute atomic E-state index is 0.508. The van der Waals surface area contributed by atoms with E-state index in [2.05, 4.69) is 12.2 Å². The molecule has 152 valence electrons. The zero-order valence-electron chi connectivity index (χ0n) is 16.6. The van der Waals surface area contributed by atoms with Gasteiger partial charge in [0, 0.05) is 41.1 Å². The first-order valence-corrected chi connectivity index (χ1v) is 11.0. The van der Waals surface area contributed by atoms with Crippen molar-refractivity contribution in [2.45, 2.75) is 51.2 Å². The zero-order valence-corrected chi connectivity index (χ0v) is 17.6. The predicted molar refractivity (Wildman–Crippen MR) is 99.0 cm³/mol. The molecule has 9 heteroatoms. The normalized spacial score (nSPS) is 14.6. The molecule has 0 radical (unpaired) electrons. The van der Waals surface area contributed by atoms with E-state index in [4.69, 9.17) is 33.2 Å². The van der Waals surface area contributed by atoms with Crippen LogP contribution in [0.4, 0.5) is 0 Å². The van der Waals surface area contributed by atoms with Crippen molar-refractivity contribution in [3.8, 4) is 0 Å². The van der Waals surface area contributed by atoms with Gasteiger partial charge in [0.05, 0.1) is 0 Å². The third kappa shape index (κ3) is 9.97. The third-order valence-corrected chi connectivity index (χ3v) is 6.60. The molecule has 0 fully saturated rings. The Kier molecular flexibility index (Phi) is 14.9. The lowest BCUT2D eigenvalue weighted by atomic mass is 10.3. The summed E-state index contributed by atoms with van der Waals surface area (Å²) in [5, 5.41) is 3.41. The van der Waals surface area contributed by atoms with Crippen LogP contribution in [-0.2, 0) is 27.5 Å². The first-order chi connectivity index (χ1) is 12.1. The Morgan fingerprint density at radius 2 is 1.56 bits per heavy atom. The molecule has 1 unspecified atom stereocenters. The standard InChI is InChI=1S/C16H38N2O6Si/c1-6-7-12-18-13-10-15-25(22-5,23-14-9-8-11-17)24-16(19-2,20-3)21-4/h18H,6-15,17H2,1-5H3. The molecule has 0 rings (SSSR count). The third-order valence-electron chi connectivity index (χ3n) is 3.81. The second kappa shape index (κ2) is 15.0. The first-order valence-electron chi connectivity index (χ1n) is 9.03. The van der Waals surface area contributed by atoms with Crippen molar-refractivity contribution in [3.63, 3.8) is 0 Å². The highest BCUT2D eigenvalue weighted by atomic mass is 28.4. The van der Waals surface area contributed by atoms with Gasteiger partial charge in [-0.25, -0.2) is 0 Å². The van der Waals surface area contributed by atoms with Crippen molar-refractivity contribution in [3.05, 3.63) is 0 Å². The van der Waals surface area contributed by atoms with Crippen molar-refractivity contribution in [2.75, 3.05) is 54.7 Å². The number of methoxy groups -OCH3 is 3. The fraction of sp³-hybridized carbons (Fsp3) is 1.00. The molecule has 0 amide bonds. The molecule has 0 aromatic carbocycles. The van der Waals surface area contributed by atoms with Gasteiger partial charge in [0.2, 0.25) is 0 Å². The van der Waals surface area contributed by atoms with Gasteiger partial charge < -0.3 is 34.1 Å². The summed E-state index contributed by atoms with van der Waals surface area (Å²) in [4.78, 5) is 0. The van der Waals surface area contributed by atoms with E-state index in [9.17, 15) is 0 Å². The number of nitrogens with one attached hydrogen (secondary N) is 1. The van der Waals surface area contributed by atoms with Gasteiger partial charge >= 0.3 is 15.0 Å². The Hall–Kier alpha value is -0.103. The van der Waals surface area contributed by atoms with Crippen molar-refractivity contribution in [2.24, 2.45) is 5.73 Å². The molecule has 0 aromatic heterocycles. The van der Waals surface area contributed by atoms with E-state index in [0.29, 0.717) is 19.2 Å². The molecular formula is C16H38N2O6Si. The van der Waals surface area contributed by atoms with Crippen LogP contribution in [0.25, 0.3) is 0 Å². The molecule has 8 nitrogen and oxygen atoms in total. The highest BCUT2D eigenvalue weighted by Crippen LogP contribution is 2.26. The molecular weight excluding hydrogens is 344 g/mol. The van der Waals surface area contributed by atoms with E-state index in [0.717, 1.165) is 32.4 Å². The van der Waals surface area contributed by atoms with Crippen molar-refractivity contribution in [1.82, 2.24) is 5.32 Å². The lowest BCUT2D eigenvalue weighted by molar-refractivity contribution is -0.460. The quantitative estimate of drug-likeness (QED) is 0.210. The summed E-state index contributed by atoms with van der Waals surface area (Å²) in [6, 6.07) is 0.628. The van der Waals surface area contributed by atoms with E-state index in [-0.39, 0.29) is 0 Å². The second-order valence-electron chi connectivity index (χ2n) is 5.65. The summed E-state index contributed by atoms with van der Waals surface area (Å²) in [5.41, 5.74) is 5.54. The molecule has 0 aromatic rings. The Balaban J connectivity index is 4.80. The number of hydrogen-bond donors (Lipinski definition) is 2. The highest BCUT2D eigenvalue weighted by Gasteiger charge is 2.49. The largest absolute Gasteiger partial charge is 0.506 e. The molecule has 0 spiro atoms. The fourth-order valence-corrected chi connectivity index (χ4v) is 4.66. The molecule has 0 saturated heterocycles. The van der Waals surface area contributed by atoms with Crippen LogP contribution >= 0.6 is 0 Å². The van der Waals surface area contributed by atoms with Gasteiger partial charge in [-0.3, -0.25) is 4.43 Å². The Morgan fingerprint density at radius 1 is 0.920 bits per heavy atom. The Bertz CT molecular complexity index is 302. The summed E-state index contributed by atoms with van der Waals surface area (Å²) >= 11 is 0. The van der Waals surface area contributed by atoms with Gasteiger partial charge in [-0.2, -0.15) is 0 Å². The van der Waals surface area contributed by atoms with E-state index < -0.39 is 15.0 Å². The van der Waals surface area contributed by atoms with Gasteiger partial charge in [-0.1, -0.05) is 13.3 Å². The maximum atomic E-state index is 6.04. The van der Waals surface area contributed by atoms with Crippen LogP contribution in [0.3, 0.4) is 0 Å². The van der Waals surface area contributed by atoms with Crippen LogP contribution in [0.2, 0.25) is 6.04 Å². The van der Waals surface area contributed by atoms with Gasteiger partial charge in [0.25, 0.3) is 0 Å². The fourth-order valence-electron chi connectivity index (χ4n) is 2.25. The number of hydrogen-bond acceptors (Lipinski definition) is 8. The van der Waals surface area contributed by atoms with Crippen LogP contribution in [-0.4, -0.2) is 69.6 Å². The zero-order chi connectivity index (χ0) is 19.0. The average Bonchev–Trinajstić information content (AvgIpc) is 2.66. The molecule has 1 atom stereocenters. The maximum absolute atomic E-state index is 6.04. The number of nitrogens with two attached hydrogens (primary N) is 1. The van der Waals surface area contributed by atoms with E-state index in [1.54, 1.807) is 7.11 Å². The van der Waals surface area contributed by atoms with E-state index >= 15 is 0 Å². The average molecular weight is 383 g/mol. The Morgan fingerprint density at radius 3 is 2.08 bits per heavy atom. The predicted octanol–water partition coefficient (Wildman–Crippen LogP) is 1.67. The summed E-state index contributed by atoms with van der Waals surface area (Å²) < 4.78 is 33.5. The molecule has 3 N–H and O–H groups in total. The van der Waals surface area contributed by atoms with Gasteiger partial charge in [-0.05, 0) is 45.3 Å². The molecule has 0 heterocycles. The lowest BCUT2D eigenvalue weighted by Gasteiger charge is -2.36. The smallest absolute Gasteiger partial charge is 0.377 e. The molecule has 25 heavy (non-hydrogen) atoms. The van der Waals surface area contributed by atoms with Crippen LogP contribution < -0.4 is 11.1 Å². The monoisotopic (exact) mass is 382 g/mol. The van der Waals surface area contributed by atoms with Crippen molar-refractivity contribution in [1.29, 1.82) is 0 Å². The van der Waals surface area contributed by atoms with Gasteiger partial charge in [-0.15, -0.1) is 0 Å². The molecule has 0 saturated carbocycles. The first kappa shape index (κ1) is 24.9. The summed E-state index contributed by atoms with van der Waals surface area (Å²) in [6.07, 6.45) is 3.29. The van der Waals surface area contributed by atoms with Crippen LogP contribution in [0.15, 0.2) is 0 Å². The van der Waals surface area contributed by atoms with Gasteiger partial charge in [0.1, 0.15) is 0 Å². The van der Waals surface area contributed by atoms with Crippen LogP contribution in [0.5, 0.6) is 0 Å². The summed E-state index contributed by atoms with van der Waals surface area (Å²) in [7, 11) is 2.89. The van der Waals surface area contributed by atoms with E-state index in [1.807, 2.05) is 0 Å². The lowest BCUT2D eigenvalue weighted by Crippen LogP contribution is -2.55. The van der Waals surface area contributed by atoms with Gasteiger partial charge in [0.15, 0.2) is 0 Å².